The molecule has 0 bridgehead atoms. The van der Waals surface area contributed by atoms with Gasteiger partial charge in [0, 0.05) is 4.47 Å². The summed E-state index contributed by atoms with van der Waals surface area (Å²) >= 11 is 5.89. The van der Waals surface area contributed by atoms with Crippen LogP contribution in [-0.2, 0) is 6.42 Å². The average molecular weight is 445 g/mol. The van der Waals surface area contributed by atoms with Crippen molar-refractivity contribution < 1.29 is 5.11 Å². The molecule has 0 saturated heterocycles. The van der Waals surface area contributed by atoms with Crippen LogP contribution in [0.4, 0.5) is 0 Å². The molecule has 0 heterocycles. The minimum Gasteiger partial charge on any atom is -0.508 e. The molecular formula is C15H14BrIOSi. The van der Waals surface area contributed by atoms with Crippen LogP contribution >= 0.6 is 37.7 Å². The highest BCUT2D eigenvalue weighted by Gasteiger charge is 2.06. The van der Waals surface area contributed by atoms with Gasteiger partial charge < -0.3 is 5.11 Å². The second-order valence-electron chi connectivity index (χ2n) is 4.34. The number of rotatable bonds is 5. The van der Waals surface area contributed by atoms with Gasteiger partial charge in [-0.05, 0) is 47.4 Å². The van der Waals surface area contributed by atoms with Gasteiger partial charge >= 0.3 is 0 Å². The van der Waals surface area contributed by atoms with E-state index in [0.29, 0.717) is 5.75 Å². The number of hydrogen-bond donors (Lipinski definition) is 1. The standard InChI is InChI=1S/C15H14BrIOSi/c16-13-5-3-11(4-6-13)15-8-7-14(18)10-12(15)2-1-9-19-17/h3-8,10,18H,1-2,9H2. The topological polar surface area (TPSA) is 20.2 Å². The molecule has 98 valence electrons. The van der Waals surface area contributed by atoms with Crippen molar-refractivity contribution in [1.82, 2.24) is 0 Å². The number of aromatic hydroxyl groups is 1. The van der Waals surface area contributed by atoms with Crippen molar-refractivity contribution >= 4 is 44.7 Å². The third-order valence-electron chi connectivity index (χ3n) is 2.96. The van der Waals surface area contributed by atoms with Gasteiger partial charge in [0.15, 0.2) is 0 Å². The fraction of sp³-hybridized carbons (Fsp3) is 0.200. The minimum absolute atomic E-state index is 0.354. The van der Waals surface area contributed by atoms with Crippen LogP contribution in [0.3, 0.4) is 0 Å². The Labute approximate surface area is 137 Å². The number of phenols is 1. The van der Waals surface area contributed by atoms with E-state index in [2.05, 4.69) is 62.0 Å². The zero-order valence-corrected chi connectivity index (χ0v) is 15.1. The van der Waals surface area contributed by atoms with Gasteiger partial charge in [-0.2, -0.15) is 0 Å². The summed E-state index contributed by atoms with van der Waals surface area (Å²) in [7, 11) is 0.970. The zero-order chi connectivity index (χ0) is 13.7. The lowest BCUT2D eigenvalue weighted by molar-refractivity contribution is 0.474. The molecule has 2 aromatic carbocycles. The molecule has 2 radical (unpaired) electrons. The molecule has 0 atom stereocenters. The molecule has 0 aliphatic rings. The second-order valence-corrected chi connectivity index (χ2v) is 8.31. The summed E-state index contributed by atoms with van der Waals surface area (Å²) < 4.78 is 1.09. The molecule has 0 aromatic heterocycles. The molecule has 0 spiro atoms. The van der Waals surface area contributed by atoms with Crippen LogP contribution in [0.5, 0.6) is 5.75 Å². The van der Waals surface area contributed by atoms with E-state index in [4.69, 9.17) is 0 Å². The van der Waals surface area contributed by atoms with Crippen LogP contribution in [0.15, 0.2) is 46.9 Å². The molecule has 0 saturated carbocycles. The number of benzene rings is 2. The third-order valence-corrected chi connectivity index (χ3v) is 5.65. The Balaban J connectivity index is 2.30. The van der Waals surface area contributed by atoms with Gasteiger partial charge in [-0.15, -0.1) is 21.8 Å². The number of phenolic OH excluding ortho intramolecular Hbond substituents is 1. The molecule has 4 heteroatoms. The summed E-state index contributed by atoms with van der Waals surface area (Å²) in [6.07, 6.45) is 2.20. The highest BCUT2D eigenvalue weighted by molar-refractivity contribution is 14.1. The van der Waals surface area contributed by atoms with Crippen molar-refractivity contribution in [2.75, 3.05) is 0 Å². The highest BCUT2D eigenvalue weighted by Crippen LogP contribution is 2.29. The Hall–Kier alpha value is -0.333. The monoisotopic (exact) mass is 444 g/mol. The molecule has 19 heavy (non-hydrogen) atoms. The Kier molecular flexibility index (Phi) is 5.91. The lowest BCUT2D eigenvalue weighted by Gasteiger charge is -2.10. The molecular weight excluding hydrogens is 431 g/mol. The van der Waals surface area contributed by atoms with Gasteiger partial charge in [-0.25, -0.2) is 0 Å². The maximum absolute atomic E-state index is 9.68. The summed E-state index contributed by atoms with van der Waals surface area (Å²) in [6, 6.07) is 15.3. The molecule has 0 aliphatic heterocycles. The first-order chi connectivity index (χ1) is 9.20. The fourth-order valence-corrected chi connectivity index (χ4v) is 3.76. The van der Waals surface area contributed by atoms with E-state index < -0.39 is 0 Å². The fourth-order valence-electron chi connectivity index (χ4n) is 2.04. The van der Waals surface area contributed by atoms with Gasteiger partial charge in [0.05, 0.1) is 0 Å². The summed E-state index contributed by atoms with van der Waals surface area (Å²) in [6.45, 7) is 0. The predicted molar refractivity (Wildman–Crippen MR) is 94.1 cm³/mol. The first kappa shape index (κ1) is 15.1. The van der Waals surface area contributed by atoms with Crippen LogP contribution in [-0.4, -0.2) is 12.1 Å². The molecule has 0 aliphatic carbocycles. The summed E-state index contributed by atoms with van der Waals surface area (Å²) in [5, 5.41) is 9.68. The molecule has 2 aromatic rings. The van der Waals surface area contributed by atoms with E-state index in [1.165, 1.54) is 29.2 Å². The maximum Gasteiger partial charge on any atom is 0.130 e. The van der Waals surface area contributed by atoms with Crippen LogP contribution < -0.4 is 0 Å². The second kappa shape index (κ2) is 7.45. The van der Waals surface area contributed by atoms with E-state index >= 15 is 0 Å². The van der Waals surface area contributed by atoms with Crippen molar-refractivity contribution in [3.8, 4) is 16.9 Å². The van der Waals surface area contributed by atoms with E-state index in [1.54, 1.807) is 6.07 Å². The lowest BCUT2D eigenvalue weighted by Crippen LogP contribution is -1.91. The summed E-state index contributed by atoms with van der Waals surface area (Å²) in [5.74, 6) is 0.354. The smallest absolute Gasteiger partial charge is 0.130 e. The highest BCUT2D eigenvalue weighted by atomic mass is 127. The number of hydrogen-bond acceptors (Lipinski definition) is 1. The minimum atomic E-state index is 0.354. The first-order valence-electron chi connectivity index (χ1n) is 6.12. The molecule has 1 nitrogen and oxygen atoms in total. The van der Waals surface area contributed by atoms with Gasteiger partial charge in [-0.1, -0.05) is 46.6 Å². The Morgan fingerprint density at radius 3 is 2.53 bits per heavy atom. The van der Waals surface area contributed by atoms with Crippen molar-refractivity contribution in [1.29, 1.82) is 0 Å². The zero-order valence-electron chi connectivity index (χ0n) is 10.4. The molecule has 0 unspecified atom stereocenters. The van der Waals surface area contributed by atoms with E-state index in [9.17, 15) is 5.11 Å². The normalized spacial score (nSPS) is 10.6. The van der Waals surface area contributed by atoms with Crippen molar-refractivity contribution in [2.24, 2.45) is 0 Å². The first-order valence-corrected chi connectivity index (χ1v) is 11.2. The third kappa shape index (κ3) is 4.32. The molecule has 0 fully saturated rings. The quantitative estimate of drug-likeness (QED) is 0.290. The molecule has 2 rings (SSSR count). The lowest BCUT2D eigenvalue weighted by atomic mass is 9.96. The SMILES string of the molecule is Oc1ccc(-c2ccc(Br)cc2)c(CCC[Si]I)c1. The largest absolute Gasteiger partial charge is 0.508 e. The van der Waals surface area contributed by atoms with Gasteiger partial charge in [0.2, 0.25) is 0 Å². The van der Waals surface area contributed by atoms with E-state index in [0.717, 1.165) is 17.9 Å². The van der Waals surface area contributed by atoms with E-state index in [1.807, 2.05) is 12.1 Å². The number of aryl methyl sites for hydroxylation is 1. The van der Waals surface area contributed by atoms with Crippen LogP contribution in [0.1, 0.15) is 12.0 Å². The van der Waals surface area contributed by atoms with Crippen molar-refractivity contribution in [3.63, 3.8) is 0 Å². The van der Waals surface area contributed by atoms with Gasteiger partial charge in [0.1, 0.15) is 12.8 Å². The van der Waals surface area contributed by atoms with Gasteiger partial charge in [-0.3, -0.25) is 0 Å². The molecule has 1 N–H and O–H groups in total. The summed E-state index contributed by atoms with van der Waals surface area (Å²) in [5.41, 5.74) is 3.66. The Bertz CT molecular complexity index is 542. The van der Waals surface area contributed by atoms with Crippen LogP contribution in [0.25, 0.3) is 11.1 Å². The van der Waals surface area contributed by atoms with Gasteiger partial charge in [0.25, 0.3) is 0 Å². The number of halogens is 2. The molecule has 0 amide bonds. The van der Waals surface area contributed by atoms with Crippen LogP contribution in [0, 0.1) is 0 Å². The van der Waals surface area contributed by atoms with Crippen molar-refractivity contribution in [2.45, 2.75) is 18.9 Å². The van der Waals surface area contributed by atoms with Crippen LogP contribution in [0.2, 0.25) is 6.04 Å². The average Bonchev–Trinajstić information content (AvgIpc) is 2.41. The Morgan fingerprint density at radius 2 is 1.84 bits per heavy atom. The van der Waals surface area contributed by atoms with E-state index in [-0.39, 0.29) is 0 Å². The maximum atomic E-state index is 9.68. The van der Waals surface area contributed by atoms with Crippen molar-refractivity contribution in [3.05, 3.63) is 52.5 Å². The summed E-state index contributed by atoms with van der Waals surface area (Å²) in [4.78, 5) is 0. The Morgan fingerprint density at radius 1 is 1.11 bits per heavy atom. The predicted octanol–water partition coefficient (Wildman–Crippen LogP) is 5.23.